The Morgan fingerprint density at radius 2 is 2.05 bits per heavy atom. The highest BCUT2D eigenvalue weighted by molar-refractivity contribution is 5.73. The predicted octanol–water partition coefficient (Wildman–Crippen LogP) is 2.71. The summed E-state index contributed by atoms with van der Waals surface area (Å²) in [4.78, 5) is 10.8. The molecule has 0 spiro atoms. The van der Waals surface area contributed by atoms with Crippen LogP contribution in [0.25, 0.3) is 11.1 Å². The molecule has 0 saturated heterocycles. The number of hydrogen-bond acceptors (Lipinski definition) is 3. The maximum atomic E-state index is 10.8. The average Bonchev–Trinajstić information content (AvgIpc) is 2.47. The van der Waals surface area contributed by atoms with E-state index in [-0.39, 0.29) is 6.42 Å². The van der Waals surface area contributed by atoms with Crippen LogP contribution < -0.4 is 10.1 Å². The van der Waals surface area contributed by atoms with E-state index in [0.717, 1.165) is 34.5 Å². The minimum absolute atomic E-state index is 0.0331. The number of carbonyl (C=O) groups is 1. The highest BCUT2D eigenvalue weighted by atomic mass is 16.5. The van der Waals surface area contributed by atoms with Crippen molar-refractivity contribution < 1.29 is 14.6 Å². The van der Waals surface area contributed by atoms with Crippen molar-refractivity contribution in [1.82, 2.24) is 5.32 Å². The maximum absolute atomic E-state index is 10.8. The summed E-state index contributed by atoms with van der Waals surface area (Å²) in [7, 11) is 3.54. The molecule has 0 radical (unpaired) electrons. The Morgan fingerprint density at radius 1 is 1.24 bits per heavy atom. The summed E-state index contributed by atoms with van der Waals surface area (Å²) in [5.41, 5.74) is 4.01. The van der Waals surface area contributed by atoms with Gasteiger partial charge in [0.2, 0.25) is 0 Å². The van der Waals surface area contributed by atoms with E-state index in [1.807, 2.05) is 49.5 Å². The number of methoxy groups -OCH3 is 1. The first-order valence-corrected chi connectivity index (χ1v) is 6.76. The molecule has 2 aromatic carbocycles. The van der Waals surface area contributed by atoms with Gasteiger partial charge < -0.3 is 15.2 Å². The van der Waals surface area contributed by atoms with Crippen LogP contribution in [0.1, 0.15) is 11.1 Å². The second-order valence-corrected chi connectivity index (χ2v) is 4.82. The van der Waals surface area contributed by atoms with E-state index < -0.39 is 5.97 Å². The van der Waals surface area contributed by atoms with Crippen LogP contribution in [0, 0.1) is 0 Å². The van der Waals surface area contributed by atoms with Crippen LogP contribution in [-0.2, 0) is 17.8 Å². The van der Waals surface area contributed by atoms with Gasteiger partial charge in [-0.15, -0.1) is 0 Å². The third-order valence-corrected chi connectivity index (χ3v) is 3.27. The summed E-state index contributed by atoms with van der Waals surface area (Å²) in [5, 5.41) is 12.1. The summed E-state index contributed by atoms with van der Waals surface area (Å²) in [6, 6.07) is 13.6. The zero-order valence-electron chi connectivity index (χ0n) is 12.2. The molecule has 0 aliphatic carbocycles. The number of carboxylic acid groups (broad SMARTS) is 1. The van der Waals surface area contributed by atoms with Gasteiger partial charge in [-0.3, -0.25) is 4.79 Å². The Balaban J connectivity index is 2.42. The van der Waals surface area contributed by atoms with Crippen molar-refractivity contribution in [2.45, 2.75) is 13.0 Å². The molecule has 0 aromatic heterocycles. The second kappa shape index (κ2) is 6.90. The SMILES string of the molecule is CNCc1cc(OC)ccc1-c1cccc(CC(=O)O)c1. The van der Waals surface area contributed by atoms with E-state index in [2.05, 4.69) is 5.32 Å². The number of nitrogens with one attached hydrogen (secondary N) is 1. The molecule has 0 aliphatic heterocycles. The summed E-state index contributed by atoms with van der Waals surface area (Å²) in [6.45, 7) is 0.718. The first-order valence-electron chi connectivity index (χ1n) is 6.76. The highest BCUT2D eigenvalue weighted by Crippen LogP contribution is 2.28. The molecule has 0 bridgehead atoms. The first kappa shape index (κ1) is 15.1. The van der Waals surface area contributed by atoms with E-state index >= 15 is 0 Å². The number of carboxylic acids is 1. The molecule has 4 nitrogen and oxygen atoms in total. The van der Waals surface area contributed by atoms with Crippen molar-refractivity contribution in [1.29, 1.82) is 0 Å². The smallest absolute Gasteiger partial charge is 0.307 e. The van der Waals surface area contributed by atoms with Gasteiger partial charge in [-0.25, -0.2) is 0 Å². The fourth-order valence-corrected chi connectivity index (χ4v) is 2.34. The van der Waals surface area contributed by atoms with Gasteiger partial charge >= 0.3 is 5.97 Å². The Labute approximate surface area is 124 Å². The van der Waals surface area contributed by atoms with Crippen molar-refractivity contribution in [2.24, 2.45) is 0 Å². The van der Waals surface area contributed by atoms with E-state index in [1.165, 1.54) is 0 Å². The third-order valence-electron chi connectivity index (χ3n) is 3.27. The summed E-state index contributed by atoms with van der Waals surface area (Å²) in [6.07, 6.45) is 0.0331. The summed E-state index contributed by atoms with van der Waals surface area (Å²) < 4.78 is 5.26. The molecular formula is C17H19NO3. The summed E-state index contributed by atoms with van der Waals surface area (Å²) in [5.74, 6) is -0.0111. The lowest BCUT2D eigenvalue weighted by Crippen LogP contribution is -2.07. The van der Waals surface area contributed by atoms with Gasteiger partial charge in [0, 0.05) is 6.54 Å². The van der Waals surface area contributed by atoms with Crippen LogP contribution in [0.5, 0.6) is 5.75 Å². The van der Waals surface area contributed by atoms with Crippen molar-refractivity contribution in [3.8, 4) is 16.9 Å². The highest BCUT2D eigenvalue weighted by Gasteiger charge is 2.08. The van der Waals surface area contributed by atoms with Gasteiger partial charge in [0.25, 0.3) is 0 Å². The van der Waals surface area contributed by atoms with Crippen molar-refractivity contribution in [3.63, 3.8) is 0 Å². The van der Waals surface area contributed by atoms with E-state index in [0.29, 0.717) is 0 Å². The minimum atomic E-state index is -0.822. The molecule has 4 heteroatoms. The number of hydrogen-bond donors (Lipinski definition) is 2. The van der Waals surface area contributed by atoms with Crippen LogP contribution in [0.15, 0.2) is 42.5 Å². The molecule has 0 saturated carbocycles. The zero-order chi connectivity index (χ0) is 15.2. The number of benzene rings is 2. The molecule has 110 valence electrons. The lowest BCUT2D eigenvalue weighted by atomic mass is 9.97. The molecule has 2 aromatic rings. The van der Waals surface area contributed by atoms with Crippen LogP contribution in [0.3, 0.4) is 0 Å². The third kappa shape index (κ3) is 3.83. The van der Waals surface area contributed by atoms with Gasteiger partial charge in [0.05, 0.1) is 13.5 Å². The Bertz CT molecular complexity index is 638. The largest absolute Gasteiger partial charge is 0.497 e. The van der Waals surface area contributed by atoms with Crippen LogP contribution in [0.2, 0.25) is 0 Å². The molecule has 2 rings (SSSR count). The Kier molecular flexibility index (Phi) is 4.95. The van der Waals surface area contributed by atoms with Crippen molar-refractivity contribution >= 4 is 5.97 Å². The molecule has 0 fully saturated rings. The molecule has 0 aliphatic rings. The lowest BCUT2D eigenvalue weighted by molar-refractivity contribution is -0.136. The molecular weight excluding hydrogens is 266 g/mol. The molecule has 0 atom stereocenters. The predicted molar refractivity (Wildman–Crippen MR) is 82.5 cm³/mol. The molecule has 0 unspecified atom stereocenters. The van der Waals surface area contributed by atoms with Gasteiger partial charge in [-0.05, 0) is 41.4 Å². The molecule has 2 N–H and O–H groups in total. The topological polar surface area (TPSA) is 58.6 Å². The molecule has 21 heavy (non-hydrogen) atoms. The van der Waals surface area contributed by atoms with E-state index in [9.17, 15) is 4.79 Å². The normalized spacial score (nSPS) is 10.4. The summed E-state index contributed by atoms with van der Waals surface area (Å²) >= 11 is 0. The average molecular weight is 285 g/mol. The van der Waals surface area contributed by atoms with Crippen LogP contribution in [0.4, 0.5) is 0 Å². The first-order chi connectivity index (χ1) is 10.1. The number of aliphatic carboxylic acids is 1. The molecule has 0 heterocycles. The van der Waals surface area contributed by atoms with Gasteiger partial charge in [-0.1, -0.05) is 30.3 Å². The van der Waals surface area contributed by atoms with Crippen LogP contribution in [-0.4, -0.2) is 25.2 Å². The van der Waals surface area contributed by atoms with E-state index in [4.69, 9.17) is 9.84 Å². The molecule has 0 amide bonds. The Morgan fingerprint density at radius 3 is 2.71 bits per heavy atom. The van der Waals surface area contributed by atoms with Crippen molar-refractivity contribution in [3.05, 3.63) is 53.6 Å². The monoisotopic (exact) mass is 285 g/mol. The van der Waals surface area contributed by atoms with Gasteiger partial charge in [-0.2, -0.15) is 0 Å². The van der Waals surface area contributed by atoms with Gasteiger partial charge in [0.15, 0.2) is 0 Å². The fourth-order valence-electron chi connectivity index (χ4n) is 2.34. The van der Waals surface area contributed by atoms with Gasteiger partial charge in [0.1, 0.15) is 5.75 Å². The number of ether oxygens (including phenoxy) is 1. The fraction of sp³-hybridized carbons (Fsp3) is 0.235. The standard InChI is InChI=1S/C17H19NO3/c1-18-11-14-10-15(21-2)6-7-16(14)13-5-3-4-12(8-13)9-17(19)20/h3-8,10,18H,9,11H2,1-2H3,(H,19,20). The quantitative estimate of drug-likeness (QED) is 0.856. The van der Waals surface area contributed by atoms with E-state index in [1.54, 1.807) is 7.11 Å². The Hall–Kier alpha value is -2.33. The van der Waals surface area contributed by atoms with Crippen molar-refractivity contribution in [2.75, 3.05) is 14.2 Å². The minimum Gasteiger partial charge on any atom is -0.497 e. The lowest BCUT2D eigenvalue weighted by Gasteiger charge is -2.12. The zero-order valence-corrected chi connectivity index (χ0v) is 12.2. The maximum Gasteiger partial charge on any atom is 0.307 e. The van der Waals surface area contributed by atoms with Crippen LogP contribution >= 0.6 is 0 Å². The number of rotatable bonds is 6. The second-order valence-electron chi connectivity index (χ2n) is 4.82.